The molecular weight excluding hydrogens is 272 g/mol. The molecule has 1 amide bonds. The van der Waals surface area contributed by atoms with Gasteiger partial charge in [0.05, 0.1) is 0 Å². The molecule has 0 heterocycles. The van der Waals surface area contributed by atoms with Crippen molar-refractivity contribution in [2.45, 2.75) is 6.54 Å². The molecule has 0 atom stereocenters. The van der Waals surface area contributed by atoms with Crippen molar-refractivity contribution in [1.29, 1.82) is 0 Å². The van der Waals surface area contributed by atoms with Crippen molar-refractivity contribution in [2.24, 2.45) is 0 Å². The predicted octanol–water partition coefficient (Wildman–Crippen LogP) is 3.65. The third-order valence-corrected chi connectivity index (χ3v) is 3.03. The second-order valence-corrected chi connectivity index (χ2v) is 5.34. The standard InChI is InChI=1S/C16H17ClN2O/c1-19(2)11-12-6-8-13(9-7-12)16(20)18-15-5-3-4-14(17)10-15/h3-10H,11H2,1-2H3,(H,18,20). The van der Waals surface area contributed by atoms with Gasteiger partial charge in [-0.3, -0.25) is 4.79 Å². The van der Waals surface area contributed by atoms with Crippen molar-refractivity contribution in [3.05, 3.63) is 64.7 Å². The van der Waals surface area contributed by atoms with Gasteiger partial charge in [-0.1, -0.05) is 29.8 Å². The molecule has 2 aromatic carbocycles. The number of carbonyl (C=O) groups is 1. The van der Waals surface area contributed by atoms with Gasteiger partial charge in [-0.15, -0.1) is 0 Å². The van der Waals surface area contributed by atoms with Crippen molar-refractivity contribution in [1.82, 2.24) is 4.90 Å². The van der Waals surface area contributed by atoms with Crippen molar-refractivity contribution < 1.29 is 4.79 Å². The number of benzene rings is 2. The van der Waals surface area contributed by atoms with E-state index in [9.17, 15) is 4.79 Å². The van der Waals surface area contributed by atoms with Gasteiger partial charge in [-0.05, 0) is 50.0 Å². The number of hydrogen-bond acceptors (Lipinski definition) is 2. The molecule has 1 N–H and O–H groups in total. The van der Waals surface area contributed by atoms with Gasteiger partial charge in [-0.25, -0.2) is 0 Å². The maximum atomic E-state index is 12.1. The molecule has 0 saturated heterocycles. The van der Waals surface area contributed by atoms with Crippen LogP contribution in [-0.4, -0.2) is 24.9 Å². The highest BCUT2D eigenvalue weighted by molar-refractivity contribution is 6.30. The average molecular weight is 289 g/mol. The summed E-state index contributed by atoms with van der Waals surface area (Å²) < 4.78 is 0. The monoisotopic (exact) mass is 288 g/mol. The highest BCUT2D eigenvalue weighted by Crippen LogP contribution is 2.16. The zero-order valence-corrected chi connectivity index (χ0v) is 12.3. The Labute approximate surface area is 124 Å². The van der Waals surface area contributed by atoms with Crippen molar-refractivity contribution in [3.63, 3.8) is 0 Å². The first-order valence-electron chi connectivity index (χ1n) is 6.35. The maximum absolute atomic E-state index is 12.1. The average Bonchev–Trinajstić information content (AvgIpc) is 2.38. The van der Waals surface area contributed by atoms with Gasteiger partial charge in [0.25, 0.3) is 5.91 Å². The highest BCUT2D eigenvalue weighted by atomic mass is 35.5. The van der Waals surface area contributed by atoms with E-state index in [1.807, 2.05) is 44.4 Å². The predicted molar refractivity (Wildman–Crippen MR) is 83.2 cm³/mol. The van der Waals surface area contributed by atoms with E-state index in [2.05, 4.69) is 10.2 Å². The molecule has 3 nitrogen and oxygen atoms in total. The molecule has 0 aliphatic carbocycles. The maximum Gasteiger partial charge on any atom is 0.255 e. The van der Waals surface area contributed by atoms with Crippen molar-refractivity contribution >= 4 is 23.2 Å². The quantitative estimate of drug-likeness (QED) is 0.931. The summed E-state index contributed by atoms with van der Waals surface area (Å²) in [6, 6.07) is 14.7. The van der Waals surface area contributed by atoms with E-state index in [1.54, 1.807) is 18.2 Å². The third kappa shape index (κ3) is 4.08. The number of anilines is 1. The van der Waals surface area contributed by atoms with Gasteiger partial charge in [0.2, 0.25) is 0 Å². The molecular formula is C16H17ClN2O. The Morgan fingerprint density at radius 2 is 1.85 bits per heavy atom. The molecule has 20 heavy (non-hydrogen) atoms. The lowest BCUT2D eigenvalue weighted by molar-refractivity contribution is 0.102. The lowest BCUT2D eigenvalue weighted by atomic mass is 10.1. The Hall–Kier alpha value is -1.84. The van der Waals surface area contributed by atoms with Crippen LogP contribution in [0, 0.1) is 0 Å². The Balaban J connectivity index is 2.06. The smallest absolute Gasteiger partial charge is 0.255 e. The summed E-state index contributed by atoms with van der Waals surface area (Å²) in [7, 11) is 4.03. The van der Waals surface area contributed by atoms with E-state index >= 15 is 0 Å². The summed E-state index contributed by atoms with van der Waals surface area (Å²) in [6.45, 7) is 0.857. The SMILES string of the molecule is CN(C)Cc1ccc(C(=O)Nc2cccc(Cl)c2)cc1. The zero-order valence-electron chi connectivity index (χ0n) is 11.6. The van der Waals surface area contributed by atoms with Crippen LogP contribution in [0.1, 0.15) is 15.9 Å². The molecule has 2 aromatic rings. The van der Waals surface area contributed by atoms with Crippen LogP contribution in [0.5, 0.6) is 0 Å². The van der Waals surface area contributed by atoms with Crippen LogP contribution in [0.2, 0.25) is 5.02 Å². The molecule has 4 heteroatoms. The summed E-state index contributed by atoms with van der Waals surface area (Å²) in [4.78, 5) is 14.2. The van der Waals surface area contributed by atoms with Crippen LogP contribution in [0.25, 0.3) is 0 Å². The van der Waals surface area contributed by atoms with E-state index in [-0.39, 0.29) is 5.91 Å². The molecule has 0 radical (unpaired) electrons. The Kier molecular flexibility index (Phi) is 4.77. The van der Waals surface area contributed by atoms with Crippen molar-refractivity contribution in [3.8, 4) is 0 Å². The normalized spacial score (nSPS) is 10.6. The largest absolute Gasteiger partial charge is 0.322 e. The van der Waals surface area contributed by atoms with Crippen LogP contribution in [0.15, 0.2) is 48.5 Å². The third-order valence-electron chi connectivity index (χ3n) is 2.80. The van der Waals surface area contributed by atoms with Gasteiger partial charge in [0, 0.05) is 22.8 Å². The second kappa shape index (κ2) is 6.55. The van der Waals surface area contributed by atoms with Gasteiger partial charge >= 0.3 is 0 Å². The molecule has 0 aliphatic rings. The highest BCUT2D eigenvalue weighted by Gasteiger charge is 2.06. The Bertz CT molecular complexity index is 594. The van der Waals surface area contributed by atoms with E-state index < -0.39 is 0 Å². The second-order valence-electron chi connectivity index (χ2n) is 4.90. The summed E-state index contributed by atoms with van der Waals surface area (Å²) >= 11 is 5.89. The molecule has 0 unspecified atom stereocenters. The number of nitrogens with one attached hydrogen (secondary N) is 1. The summed E-state index contributed by atoms with van der Waals surface area (Å²) in [6.07, 6.45) is 0. The first kappa shape index (κ1) is 14.6. The number of carbonyl (C=O) groups excluding carboxylic acids is 1. The fourth-order valence-electron chi connectivity index (χ4n) is 1.90. The van der Waals surface area contributed by atoms with Gasteiger partial charge < -0.3 is 10.2 Å². The number of halogens is 1. The fraction of sp³-hybridized carbons (Fsp3) is 0.188. The first-order chi connectivity index (χ1) is 9.54. The van der Waals surface area contributed by atoms with Crippen LogP contribution in [0.3, 0.4) is 0 Å². The number of rotatable bonds is 4. The zero-order chi connectivity index (χ0) is 14.5. The molecule has 0 saturated carbocycles. The van der Waals surface area contributed by atoms with E-state index in [0.717, 1.165) is 6.54 Å². The molecule has 0 fully saturated rings. The molecule has 2 rings (SSSR count). The minimum absolute atomic E-state index is 0.135. The van der Waals surface area contributed by atoms with Crippen molar-refractivity contribution in [2.75, 3.05) is 19.4 Å². The fourth-order valence-corrected chi connectivity index (χ4v) is 2.09. The Morgan fingerprint density at radius 1 is 1.15 bits per heavy atom. The van der Waals surface area contributed by atoms with E-state index in [0.29, 0.717) is 16.3 Å². The Morgan fingerprint density at radius 3 is 2.45 bits per heavy atom. The number of nitrogens with zero attached hydrogens (tertiary/aromatic N) is 1. The van der Waals surface area contributed by atoms with Crippen LogP contribution >= 0.6 is 11.6 Å². The number of amides is 1. The topological polar surface area (TPSA) is 32.3 Å². The first-order valence-corrected chi connectivity index (χ1v) is 6.73. The minimum atomic E-state index is -0.135. The van der Waals surface area contributed by atoms with E-state index in [4.69, 9.17) is 11.6 Å². The summed E-state index contributed by atoms with van der Waals surface area (Å²) in [5.74, 6) is -0.135. The van der Waals surface area contributed by atoms with Crippen LogP contribution in [0.4, 0.5) is 5.69 Å². The van der Waals surface area contributed by atoms with E-state index in [1.165, 1.54) is 5.56 Å². The minimum Gasteiger partial charge on any atom is -0.322 e. The summed E-state index contributed by atoms with van der Waals surface area (Å²) in [5.41, 5.74) is 2.50. The molecule has 0 spiro atoms. The molecule has 0 bridgehead atoms. The lowest BCUT2D eigenvalue weighted by Crippen LogP contribution is -2.13. The van der Waals surface area contributed by atoms with Crippen LogP contribution in [-0.2, 0) is 6.54 Å². The molecule has 0 aromatic heterocycles. The van der Waals surface area contributed by atoms with Crippen LogP contribution < -0.4 is 5.32 Å². The van der Waals surface area contributed by atoms with Gasteiger partial charge in [0.15, 0.2) is 0 Å². The summed E-state index contributed by atoms with van der Waals surface area (Å²) in [5, 5.41) is 3.43. The number of hydrogen-bond donors (Lipinski definition) is 1. The molecule has 0 aliphatic heterocycles. The lowest BCUT2D eigenvalue weighted by Gasteiger charge is -2.10. The van der Waals surface area contributed by atoms with Gasteiger partial charge in [0.1, 0.15) is 0 Å². The van der Waals surface area contributed by atoms with Gasteiger partial charge in [-0.2, -0.15) is 0 Å². The molecule has 104 valence electrons.